The number of aliphatic imine (C=N–C) groups is 1. The summed E-state index contributed by atoms with van der Waals surface area (Å²) in [5.41, 5.74) is 10.3. The van der Waals surface area contributed by atoms with Gasteiger partial charge < -0.3 is 31.0 Å². The fourth-order valence-corrected chi connectivity index (χ4v) is 4.31. The number of halogens is 1. The largest absolute Gasteiger partial charge is 0.495 e. The Bertz CT molecular complexity index is 1170. The van der Waals surface area contributed by atoms with Crippen LogP contribution in [-0.2, 0) is 18.6 Å². The summed E-state index contributed by atoms with van der Waals surface area (Å²) >= 11 is 0. The van der Waals surface area contributed by atoms with E-state index >= 15 is 0 Å². The Balaban J connectivity index is 1.53. The van der Waals surface area contributed by atoms with E-state index < -0.39 is 5.66 Å². The lowest BCUT2D eigenvalue weighted by Gasteiger charge is -2.36. The molecule has 5 N–H and O–H groups in total. The van der Waals surface area contributed by atoms with Crippen LogP contribution in [0.4, 0.5) is 15.9 Å². The second-order valence-corrected chi connectivity index (χ2v) is 8.08. The molecule has 8 heteroatoms. The number of hydrogen-bond donors (Lipinski definition) is 4. The number of ether oxygens (including phenoxy) is 1. The number of benzene rings is 2. The van der Waals surface area contributed by atoms with Crippen molar-refractivity contribution >= 4 is 17.5 Å². The van der Waals surface area contributed by atoms with Crippen LogP contribution in [0.15, 0.2) is 53.7 Å². The zero-order valence-electron chi connectivity index (χ0n) is 17.5. The molecule has 0 saturated carbocycles. The molecule has 0 saturated heterocycles. The van der Waals surface area contributed by atoms with E-state index in [1.807, 2.05) is 6.07 Å². The minimum absolute atomic E-state index is 0.348. The van der Waals surface area contributed by atoms with Gasteiger partial charge in [-0.05, 0) is 60.5 Å². The lowest BCUT2D eigenvalue weighted by Crippen LogP contribution is -2.57. The number of H-pyrrole nitrogens is 1. The summed E-state index contributed by atoms with van der Waals surface area (Å²) in [5, 5.41) is 6.61. The van der Waals surface area contributed by atoms with Gasteiger partial charge in [-0.25, -0.2) is 4.39 Å². The normalized spacial score (nSPS) is 20.3. The Labute approximate surface area is 180 Å². The van der Waals surface area contributed by atoms with Crippen molar-refractivity contribution in [3.8, 4) is 5.75 Å². The van der Waals surface area contributed by atoms with Crippen LogP contribution < -0.4 is 21.1 Å². The van der Waals surface area contributed by atoms with E-state index in [1.54, 1.807) is 25.4 Å². The highest BCUT2D eigenvalue weighted by molar-refractivity contribution is 5.99. The molecular formula is C23H25FN6O. The van der Waals surface area contributed by atoms with Crippen LogP contribution in [0.25, 0.3) is 0 Å². The van der Waals surface area contributed by atoms with Gasteiger partial charge in [0.2, 0.25) is 5.96 Å². The first-order valence-electron chi connectivity index (χ1n) is 10.2. The van der Waals surface area contributed by atoms with Crippen molar-refractivity contribution in [2.45, 2.75) is 18.6 Å². The van der Waals surface area contributed by atoms with Crippen molar-refractivity contribution in [1.82, 2.24) is 15.2 Å². The molecule has 0 aliphatic carbocycles. The third-order valence-corrected chi connectivity index (χ3v) is 5.95. The maximum absolute atomic E-state index is 14.0. The number of aromatic amines is 1. The molecule has 2 aromatic carbocycles. The first kappa shape index (κ1) is 19.6. The highest BCUT2D eigenvalue weighted by Crippen LogP contribution is 2.36. The van der Waals surface area contributed by atoms with Gasteiger partial charge in [-0.3, -0.25) is 0 Å². The zero-order chi connectivity index (χ0) is 21.6. The topological polar surface area (TPSA) is 90.7 Å². The highest BCUT2D eigenvalue weighted by Gasteiger charge is 2.37. The van der Waals surface area contributed by atoms with Gasteiger partial charge in [0, 0.05) is 24.8 Å². The van der Waals surface area contributed by atoms with Crippen molar-refractivity contribution in [1.29, 1.82) is 0 Å². The van der Waals surface area contributed by atoms with Crippen LogP contribution in [0.5, 0.6) is 5.75 Å². The van der Waals surface area contributed by atoms with Crippen LogP contribution in [0, 0.1) is 5.82 Å². The van der Waals surface area contributed by atoms with Crippen LogP contribution in [0.3, 0.4) is 0 Å². The molecule has 1 atom stereocenters. The summed E-state index contributed by atoms with van der Waals surface area (Å²) in [4.78, 5) is 10.1. The van der Waals surface area contributed by atoms with Crippen molar-refractivity contribution in [2.75, 3.05) is 26.0 Å². The standard InChI is InChI=1S/C23H25FN6O/c1-30-9-7-14-11-20(31-2)19(10-15(14)13-30)27-22-28-21-18(6-8-26-21)23(25,29-22)16-4-3-5-17(24)12-16/h3-6,8,10-12,26H,7,9,13,25H2,1-2H3,(H2,27,28,29). The molecule has 0 bridgehead atoms. The Hall–Kier alpha value is -3.36. The molecular weight excluding hydrogens is 395 g/mol. The summed E-state index contributed by atoms with van der Waals surface area (Å²) in [6.07, 6.45) is 2.76. The summed E-state index contributed by atoms with van der Waals surface area (Å²) in [6, 6.07) is 12.3. The van der Waals surface area contributed by atoms with Crippen molar-refractivity contribution in [2.24, 2.45) is 10.7 Å². The number of guanidine groups is 1. The van der Waals surface area contributed by atoms with Crippen LogP contribution in [0.1, 0.15) is 22.3 Å². The molecule has 2 aliphatic heterocycles. The average molecular weight is 420 g/mol. The zero-order valence-corrected chi connectivity index (χ0v) is 17.5. The number of hydrogen-bond acceptors (Lipinski definition) is 6. The molecule has 0 radical (unpaired) electrons. The predicted molar refractivity (Wildman–Crippen MR) is 119 cm³/mol. The Morgan fingerprint density at radius 3 is 2.90 bits per heavy atom. The molecule has 5 rings (SSSR count). The third kappa shape index (κ3) is 3.43. The number of rotatable bonds is 3. The number of nitrogens with zero attached hydrogens (tertiary/aromatic N) is 2. The number of fused-ring (bicyclic) bond motifs is 2. The average Bonchev–Trinajstić information content (AvgIpc) is 3.23. The van der Waals surface area contributed by atoms with E-state index in [9.17, 15) is 4.39 Å². The Kier molecular flexibility index (Phi) is 4.68. The fourth-order valence-electron chi connectivity index (χ4n) is 4.31. The van der Waals surface area contributed by atoms with Crippen molar-refractivity contribution in [3.63, 3.8) is 0 Å². The van der Waals surface area contributed by atoms with Gasteiger partial charge in [-0.1, -0.05) is 12.1 Å². The summed E-state index contributed by atoms with van der Waals surface area (Å²) in [5.74, 6) is 1.45. The quantitative estimate of drug-likeness (QED) is 0.523. The molecule has 0 amide bonds. The molecule has 3 aromatic rings. The predicted octanol–water partition coefficient (Wildman–Crippen LogP) is 3.01. The number of likely N-dealkylation sites (N-methyl/N-ethyl adjacent to an activating group) is 1. The molecule has 31 heavy (non-hydrogen) atoms. The maximum Gasteiger partial charge on any atom is 0.204 e. The van der Waals surface area contributed by atoms with Crippen LogP contribution in [-0.4, -0.2) is 36.5 Å². The van der Waals surface area contributed by atoms with E-state index in [2.05, 4.69) is 44.7 Å². The van der Waals surface area contributed by atoms with Gasteiger partial charge >= 0.3 is 0 Å². The molecule has 160 valence electrons. The second-order valence-electron chi connectivity index (χ2n) is 8.08. The second kappa shape index (κ2) is 7.40. The first-order valence-corrected chi connectivity index (χ1v) is 10.2. The van der Waals surface area contributed by atoms with E-state index in [1.165, 1.54) is 23.3 Å². The van der Waals surface area contributed by atoms with Gasteiger partial charge in [0.05, 0.1) is 12.8 Å². The van der Waals surface area contributed by atoms with E-state index in [0.29, 0.717) is 17.3 Å². The van der Waals surface area contributed by atoms with Gasteiger partial charge in [0.1, 0.15) is 23.0 Å². The molecule has 2 aliphatic rings. The summed E-state index contributed by atoms with van der Waals surface area (Å²) < 4.78 is 19.6. The smallest absolute Gasteiger partial charge is 0.204 e. The molecule has 1 unspecified atom stereocenters. The van der Waals surface area contributed by atoms with E-state index in [0.717, 1.165) is 36.5 Å². The van der Waals surface area contributed by atoms with Crippen LogP contribution >= 0.6 is 0 Å². The lowest BCUT2D eigenvalue weighted by atomic mass is 9.92. The van der Waals surface area contributed by atoms with Gasteiger partial charge in [-0.15, -0.1) is 0 Å². The SMILES string of the molecule is COc1cc2c(cc1NC1=Nc3[nH]ccc3C(N)(c3cccc(F)c3)N1)CN(C)CC2. The number of nitrogens with one attached hydrogen (secondary N) is 3. The number of anilines is 1. The number of nitrogens with two attached hydrogens (primary N) is 1. The van der Waals surface area contributed by atoms with Crippen molar-refractivity contribution in [3.05, 3.63) is 76.7 Å². The van der Waals surface area contributed by atoms with E-state index in [4.69, 9.17) is 10.5 Å². The van der Waals surface area contributed by atoms with Crippen LogP contribution in [0.2, 0.25) is 0 Å². The van der Waals surface area contributed by atoms with E-state index in [-0.39, 0.29) is 5.82 Å². The third-order valence-electron chi connectivity index (χ3n) is 5.95. The van der Waals surface area contributed by atoms with Gasteiger partial charge in [0.15, 0.2) is 0 Å². The molecule has 1 aromatic heterocycles. The molecule has 7 nitrogen and oxygen atoms in total. The Morgan fingerprint density at radius 2 is 2.10 bits per heavy atom. The first-order chi connectivity index (χ1) is 15.0. The Morgan fingerprint density at radius 1 is 1.23 bits per heavy atom. The molecule has 3 heterocycles. The monoisotopic (exact) mass is 420 g/mol. The number of aromatic nitrogens is 1. The summed E-state index contributed by atoms with van der Waals surface area (Å²) in [6.45, 7) is 1.90. The number of methoxy groups -OCH3 is 1. The fraction of sp³-hybridized carbons (Fsp3) is 0.261. The molecule has 0 spiro atoms. The maximum atomic E-state index is 14.0. The minimum atomic E-state index is -1.15. The van der Waals surface area contributed by atoms with Gasteiger partial charge in [0.25, 0.3) is 0 Å². The van der Waals surface area contributed by atoms with Gasteiger partial charge in [-0.2, -0.15) is 4.99 Å². The van der Waals surface area contributed by atoms with Crippen molar-refractivity contribution < 1.29 is 9.13 Å². The minimum Gasteiger partial charge on any atom is -0.495 e. The summed E-state index contributed by atoms with van der Waals surface area (Å²) in [7, 11) is 3.77. The highest BCUT2D eigenvalue weighted by atomic mass is 19.1. The molecule has 0 fully saturated rings. The lowest BCUT2D eigenvalue weighted by molar-refractivity contribution is 0.312.